The molecule has 1 N–H and O–H groups in total. The summed E-state index contributed by atoms with van der Waals surface area (Å²) in [6, 6.07) is 4.28. The fraction of sp³-hybridized carbons (Fsp3) is 0.588. The molecule has 0 saturated carbocycles. The first-order valence-corrected chi connectivity index (χ1v) is 7.43. The zero-order valence-electron chi connectivity index (χ0n) is 13.2. The second-order valence-electron chi connectivity index (χ2n) is 5.63. The lowest BCUT2D eigenvalue weighted by Gasteiger charge is -2.22. The number of rotatable bonds is 8. The summed E-state index contributed by atoms with van der Waals surface area (Å²) in [6.45, 7) is 12.1. The van der Waals surface area contributed by atoms with Crippen LogP contribution in [0.2, 0.25) is 0 Å². The average molecular weight is 273 g/mol. The number of hydrogen-bond acceptors (Lipinski definition) is 3. The van der Waals surface area contributed by atoms with E-state index in [1.165, 1.54) is 5.56 Å². The van der Waals surface area contributed by atoms with Crippen molar-refractivity contribution >= 4 is 5.82 Å². The summed E-state index contributed by atoms with van der Waals surface area (Å²) in [6.07, 6.45) is 6.52. The fourth-order valence-corrected chi connectivity index (χ4v) is 2.14. The molecule has 0 saturated heterocycles. The van der Waals surface area contributed by atoms with Crippen LogP contribution in [0.25, 0.3) is 0 Å². The summed E-state index contributed by atoms with van der Waals surface area (Å²) in [5, 5.41) is 3.47. The van der Waals surface area contributed by atoms with E-state index in [0.717, 1.165) is 37.6 Å². The van der Waals surface area contributed by atoms with Gasteiger partial charge in [0.2, 0.25) is 0 Å². The van der Waals surface area contributed by atoms with Crippen LogP contribution in [-0.4, -0.2) is 24.6 Å². The van der Waals surface area contributed by atoms with E-state index in [2.05, 4.69) is 54.0 Å². The van der Waals surface area contributed by atoms with Gasteiger partial charge in [0, 0.05) is 18.8 Å². The normalized spacial score (nSPS) is 10.6. The fourth-order valence-electron chi connectivity index (χ4n) is 2.14. The van der Waals surface area contributed by atoms with E-state index in [-0.39, 0.29) is 0 Å². The number of anilines is 1. The van der Waals surface area contributed by atoms with Gasteiger partial charge in [0.1, 0.15) is 5.82 Å². The Labute approximate surface area is 123 Å². The van der Waals surface area contributed by atoms with Crippen molar-refractivity contribution in [1.29, 1.82) is 0 Å². The first-order valence-electron chi connectivity index (χ1n) is 7.43. The first kappa shape index (κ1) is 16.5. The van der Waals surface area contributed by atoms with Crippen molar-refractivity contribution in [3.8, 4) is 12.3 Å². The van der Waals surface area contributed by atoms with Crippen LogP contribution in [0, 0.1) is 25.2 Å². The maximum Gasteiger partial charge on any atom is 0.129 e. The van der Waals surface area contributed by atoms with E-state index < -0.39 is 0 Å². The Bertz CT molecular complexity index is 446. The molecule has 1 aromatic heterocycles. The van der Waals surface area contributed by atoms with E-state index in [1.54, 1.807) is 0 Å². The molecule has 0 radical (unpaired) electrons. The predicted molar refractivity (Wildman–Crippen MR) is 86.9 cm³/mol. The highest BCUT2D eigenvalue weighted by Crippen LogP contribution is 2.15. The molecule has 0 aromatic carbocycles. The van der Waals surface area contributed by atoms with Crippen LogP contribution in [0.1, 0.15) is 38.4 Å². The molecule has 0 aliphatic heterocycles. The summed E-state index contributed by atoms with van der Waals surface area (Å²) in [5.74, 6) is 4.37. The summed E-state index contributed by atoms with van der Waals surface area (Å²) < 4.78 is 0. The van der Waals surface area contributed by atoms with Crippen LogP contribution in [0.5, 0.6) is 0 Å². The predicted octanol–water partition coefficient (Wildman–Crippen LogP) is 2.99. The Morgan fingerprint density at radius 3 is 2.75 bits per heavy atom. The van der Waals surface area contributed by atoms with Gasteiger partial charge in [-0.2, -0.15) is 0 Å². The maximum atomic E-state index is 5.45. The van der Waals surface area contributed by atoms with Gasteiger partial charge in [-0.25, -0.2) is 4.98 Å². The van der Waals surface area contributed by atoms with Gasteiger partial charge in [-0.3, -0.25) is 0 Å². The molecule has 20 heavy (non-hydrogen) atoms. The quantitative estimate of drug-likeness (QED) is 0.738. The van der Waals surface area contributed by atoms with Crippen molar-refractivity contribution in [2.24, 2.45) is 5.92 Å². The minimum Gasteiger partial charge on any atom is -0.345 e. The van der Waals surface area contributed by atoms with Crippen LogP contribution in [0.15, 0.2) is 12.1 Å². The number of aryl methyl sites for hydroxylation is 1. The van der Waals surface area contributed by atoms with E-state index in [1.807, 2.05) is 6.92 Å². The largest absolute Gasteiger partial charge is 0.345 e. The van der Waals surface area contributed by atoms with Crippen molar-refractivity contribution in [2.45, 2.75) is 40.7 Å². The average Bonchev–Trinajstić information content (AvgIpc) is 2.37. The van der Waals surface area contributed by atoms with E-state index in [4.69, 9.17) is 6.42 Å². The maximum absolute atomic E-state index is 5.45. The lowest BCUT2D eigenvalue weighted by Crippen LogP contribution is -2.26. The SMILES string of the molecule is C#CCN(CCC)c1cc(CNCC(C)C)cc(C)n1. The Hall–Kier alpha value is -1.53. The molecule has 110 valence electrons. The lowest BCUT2D eigenvalue weighted by molar-refractivity contribution is 0.552. The molecule has 0 unspecified atom stereocenters. The van der Waals surface area contributed by atoms with E-state index >= 15 is 0 Å². The zero-order chi connectivity index (χ0) is 15.0. The number of nitrogens with zero attached hydrogens (tertiary/aromatic N) is 2. The molecule has 0 aliphatic carbocycles. The molecular weight excluding hydrogens is 246 g/mol. The lowest BCUT2D eigenvalue weighted by atomic mass is 10.2. The Morgan fingerprint density at radius 2 is 2.15 bits per heavy atom. The zero-order valence-corrected chi connectivity index (χ0v) is 13.2. The van der Waals surface area contributed by atoms with Crippen LogP contribution in [0.4, 0.5) is 5.82 Å². The molecule has 1 aromatic rings. The summed E-state index contributed by atoms with van der Waals surface area (Å²) in [4.78, 5) is 6.78. The van der Waals surface area contributed by atoms with Crippen LogP contribution in [0.3, 0.4) is 0 Å². The van der Waals surface area contributed by atoms with Gasteiger partial charge >= 0.3 is 0 Å². The van der Waals surface area contributed by atoms with Crippen molar-refractivity contribution in [2.75, 3.05) is 24.5 Å². The van der Waals surface area contributed by atoms with Crippen LogP contribution in [-0.2, 0) is 6.54 Å². The van der Waals surface area contributed by atoms with Crippen LogP contribution < -0.4 is 10.2 Å². The molecule has 0 spiro atoms. The molecule has 3 heteroatoms. The van der Waals surface area contributed by atoms with Crippen molar-refractivity contribution in [3.05, 3.63) is 23.4 Å². The van der Waals surface area contributed by atoms with E-state index in [0.29, 0.717) is 12.5 Å². The standard InChI is InChI=1S/C17H27N3/c1-6-8-20(9-7-2)17-11-16(10-15(5)19-17)13-18-12-14(3)4/h1,10-11,14,18H,7-9,12-13H2,2-5H3. The second-order valence-corrected chi connectivity index (χ2v) is 5.63. The van der Waals surface area contributed by atoms with Crippen molar-refractivity contribution in [3.63, 3.8) is 0 Å². The van der Waals surface area contributed by atoms with Gasteiger partial charge < -0.3 is 10.2 Å². The molecule has 0 fully saturated rings. The molecule has 0 amide bonds. The minimum absolute atomic E-state index is 0.614. The van der Waals surface area contributed by atoms with Crippen molar-refractivity contribution < 1.29 is 0 Å². The number of nitrogens with one attached hydrogen (secondary N) is 1. The van der Waals surface area contributed by atoms with Crippen molar-refractivity contribution in [1.82, 2.24) is 10.3 Å². The molecule has 0 bridgehead atoms. The molecular formula is C17H27N3. The third-order valence-corrected chi connectivity index (χ3v) is 2.98. The Balaban J connectivity index is 2.81. The van der Waals surface area contributed by atoms with Gasteiger partial charge in [0.05, 0.1) is 6.54 Å². The summed E-state index contributed by atoms with van der Waals surface area (Å²) in [5.41, 5.74) is 2.31. The summed E-state index contributed by atoms with van der Waals surface area (Å²) >= 11 is 0. The Kier molecular flexibility index (Phi) is 7.11. The van der Waals surface area contributed by atoms with E-state index in [9.17, 15) is 0 Å². The van der Waals surface area contributed by atoms with Gasteiger partial charge in [-0.1, -0.05) is 26.7 Å². The first-order chi connectivity index (χ1) is 9.56. The molecule has 1 heterocycles. The molecule has 0 aliphatic rings. The number of pyridine rings is 1. The third kappa shape index (κ3) is 5.63. The number of terminal acetylenes is 1. The highest BCUT2D eigenvalue weighted by atomic mass is 15.2. The molecule has 3 nitrogen and oxygen atoms in total. The Morgan fingerprint density at radius 1 is 1.40 bits per heavy atom. The number of aromatic nitrogens is 1. The monoisotopic (exact) mass is 273 g/mol. The molecule has 0 atom stereocenters. The second kappa shape index (κ2) is 8.60. The third-order valence-electron chi connectivity index (χ3n) is 2.98. The number of hydrogen-bond donors (Lipinski definition) is 1. The summed E-state index contributed by atoms with van der Waals surface area (Å²) in [7, 11) is 0. The van der Waals surface area contributed by atoms with Gasteiger partial charge in [-0.05, 0) is 43.5 Å². The van der Waals surface area contributed by atoms with Crippen LogP contribution >= 0.6 is 0 Å². The van der Waals surface area contributed by atoms with Gasteiger partial charge in [0.15, 0.2) is 0 Å². The van der Waals surface area contributed by atoms with Gasteiger partial charge in [0.25, 0.3) is 0 Å². The highest BCUT2D eigenvalue weighted by Gasteiger charge is 2.08. The topological polar surface area (TPSA) is 28.2 Å². The molecule has 1 rings (SSSR count). The minimum atomic E-state index is 0.614. The smallest absolute Gasteiger partial charge is 0.129 e. The van der Waals surface area contributed by atoms with Gasteiger partial charge in [-0.15, -0.1) is 6.42 Å². The highest BCUT2D eigenvalue weighted by molar-refractivity contribution is 5.43.